The minimum absolute atomic E-state index is 0.0151. The number of hydrogen-bond acceptors (Lipinski definition) is 4. The Morgan fingerprint density at radius 1 is 1.53 bits per heavy atom. The second-order valence-electron chi connectivity index (χ2n) is 6.21. The van der Waals surface area contributed by atoms with Gasteiger partial charge in [0.05, 0.1) is 12.5 Å². The van der Waals surface area contributed by atoms with Crippen LogP contribution in [-0.4, -0.2) is 28.1 Å². The molecule has 0 aromatic carbocycles. The largest absolute Gasteiger partial charge is 0.464 e. The molecule has 2 bridgehead atoms. The Hall–Kier alpha value is -0.330. The van der Waals surface area contributed by atoms with Crippen molar-refractivity contribution < 1.29 is 19.1 Å². The molecule has 4 nitrogen and oxygen atoms in total. The Kier molecular flexibility index (Phi) is 3.30. The van der Waals surface area contributed by atoms with Crippen molar-refractivity contribution in [3.05, 3.63) is 0 Å². The fourth-order valence-electron chi connectivity index (χ4n) is 3.83. The van der Waals surface area contributed by atoms with Gasteiger partial charge < -0.3 is 9.47 Å². The van der Waals surface area contributed by atoms with Crippen LogP contribution in [0.1, 0.15) is 33.1 Å². The van der Waals surface area contributed by atoms with Gasteiger partial charge in [-0.05, 0) is 32.1 Å². The van der Waals surface area contributed by atoms with Gasteiger partial charge in [0.15, 0.2) is 0 Å². The molecule has 0 spiro atoms. The van der Waals surface area contributed by atoms with Gasteiger partial charge in [0, 0.05) is 11.8 Å². The second kappa shape index (κ2) is 4.60. The number of fused-ring (bicyclic) bond motifs is 1. The first-order valence-corrected chi connectivity index (χ1v) is 8.08. The van der Waals surface area contributed by atoms with Crippen LogP contribution in [0.25, 0.3) is 0 Å². The van der Waals surface area contributed by atoms with E-state index < -0.39 is 3.42 Å². The van der Waals surface area contributed by atoms with Gasteiger partial charge in [-0.3, -0.25) is 9.59 Å². The molecular formula is C14H19IO4. The molecular weight excluding hydrogens is 359 g/mol. The quantitative estimate of drug-likeness (QED) is 0.428. The zero-order valence-electron chi connectivity index (χ0n) is 11.2. The minimum Gasteiger partial charge on any atom is -0.464 e. The fourth-order valence-corrected chi connectivity index (χ4v) is 3.98. The number of hydrogen-bond donors (Lipinski definition) is 0. The van der Waals surface area contributed by atoms with Crippen LogP contribution in [0.3, 0.4) is 0 Å². The maximum atomic E-state index is 12.0. The second-order valence-corrected chi connectivity index (χ2v) is 8.59. The van der Waals surface area contributed by atoms with Gasteiger partial charge in [-0.1, -0.05) is 29.5 Å². The highest BCUT2D eigenvalue weighted by Crippen LogP contribution is 2.57. The van der Waals surface area contributed by atoms with Gasteiger partial charge in [-0.25, -0.2) is 0 Å². The predicted molar refractivity (Wildman–Crippen MR) is 76.7 cm³/mol. The van der Waals surface area contributed by atoms with E-state index in [-0.39, 0.29) is 29.9 Å². The van der Waals surface area contributed by atoms with Gasteiger partial charge in [0.25, 0.3) is 0 Å². The van der Waals surface area contributed by atoms with E-state index in [9.17, 15) is 9.59 Å². The van der Waals surface area contributed by atoms with Crippen molar-refractivity contribution in [2.75, 3.05) is 6.61 Å². The van der Waals surface area contributed by atoms with Crippen molar-refractivity contribution in [2.45, 2.75) is 42.6 Å². The van der Waals surface area contributed by atoms with Crippen LogP contribution in [0.2, 0.25) is 0 Å². The first kappa shape index (κ1) is 13.6. The molecule has 5 unspecified atom stereocenters. The Balaban J connectivity index is 1.63. The molecule has 6 atom stereocenters. The summed E-state index contributed by atoms with van der Waals surface area (Å²) < 4.78 is 10.4. The average molecular weight is 378 g/mol. The van der Waals surface area contributed by atoms with Crippen LogP contribution in [0.5, 0.6) is 0 Å². The molecule has 3 fully saturated rings. The monoisotopic (exact) mass is 378 g/mol. The molecule has 0 aromatic rings. The van der Waals surface area contributed by atoms with Crippen LogP contribution in [-0.2, 0) is 19.1 Å². The molecule has 0 aromatic heterocycles. The lowest BCUT2D eigenvalue weighted by atomic mass is 9.80. The first-order chi connectivity index (χ1) is 8.94. The van der Waals surface area contributed by atoms with Crippen LogP contribution in [0.15, 0.2) is 0 Å². The lowest BCUT2D eigenvalue weighted by molar-refractivity contribution is -0.150. The summed E-state index contributed by atoms with van der Waals surface area (Å²) in [5.41, 5.74) is 0. The van der Waals surface area contributed by atoms with Crippen LogP contribution < -0.4 is 0 Å². The molecule has 1 saturated heterocycles. The normalized spacial score (nSPS) is 42.1. The van der Waals surface area contributed by atoms with Crippen molar-refractivity contribution in [1.82, 2.24) is 0 Å². The molecule has 0 N–H and O–H groups in total. The van der Waals surface area contributed by atoms with Gasteiger partial charge >= 0.3 is 11.9 Å². The number of esters is 2. The smallest absolute Gasteiger partial charge is 0.321 e. The summed E-state index contributed by atoms with van der Waals surface area (Å²) in [7, 11) is 0. The Morgan fingerprint density at radius 2 is 2.26 bits per heavy atom. The molecule has 106 valence electrons. The minimum atomic E-state index is -0.464. The number of carbonyl (C=O) groups is 2. The number of ether oxygens (including phenoxy) is 2. The summed E-state index contributed by atoms with van der Waals surface area (Å²) in [6.07, 6.45) is 2.93. The maximum absolute atomic E-state index is 12.0. The fraction of sp³-hybridized carbons (Fsp3) is 0.857. The zero-order chi connectivity index (χ0) is 13.8. The Bertz CT molecular complexity index is 418. The Morgan fingerprint density at radius 3 is 2.95 bits per heavy atom. The molecule has 5 heteroatoms. The number of halogens is 1. The number of alkyl halides is 1. The molecule has 19 heavy (non-hydrogen) atoms. The zero-order valence-corrected chi connectivity index (χ0v) is 13.4. The van der Waals surface area contributed by atoms with Crippen LogP contribution in [0.4, 0.5) is 0 Å². The lowest BCUT2D eigenvalue weighted by Gasteiger charge is -2.26. The van der Waals surface area contributed by atoms with E-state index in [0.29, 0.717) is 18.4 Å². The van der Waals surface area contributed by atoms with E-state index in [2.05, 4.69) is 22.6 Å². The van der Waals surface area contributed by atoms with Crippen LogP contribution >= 0.6 is 22.6 Å². The molecule has 0 radical (unpaired) electrons. The topological polar surface area (TPSA) is 52.6 Å². The Labute approximate surface area is 126 Å². The van der Waals surface area contributed by atoms with Gasteiger partial charge in [-0.2, -0.15) is 0 Å². The van der Waals surface area contributed by atoms with Crippen molar-refractivity contribution in [3.8, 4) is 0 Å². The molecule has 2 aliphatic carbocycles. The van der Waals surface area contributed by atoms with Crippen molar-refractivity contribution in [3.63, 3.8) is 0 Å². The lowest BCUT2D eigenvalue weighted by Crippen LogP contribution is -2.35. The highest BCUT2D eigenvalue weighted by atomic mass is 127. The van der Waals surface area contributed by atoms with E-state index >= 15 is 0 Å². The summed E-state index contributed by atoms with van der Waals surface area (Å²) in [6, 6.07) is 0. The van der Waals surface area contributed by atoms with Gasteiger partial charge in [0.1, 0.15) is 9.53 Å². The average Bonchev–Trinajstić information content (AvgIpc) is 2.96. The molecule has 0 amide bonds. The van der Waals surface area contributed by atoms with E-state index in [1.54, 1.807) is 0 Å². The van der Waals surface area contributed by atoms with Crippen molar-refractivity contribution in [2.24, 2.45) is 23.7 Å². The third-order valence-electron chi connectivity index (χ3n) is 5.15. The van der Waals surface area contributed by atoms with Crippen molar-refractivity contribution >= 4 is 34.5 Å². The summed E-state index contributed by atoms with van der Waals surface area (Å²) in [5.74, 6) is 0.827. The predicted octanol–water partition coefficient (Wildman–Crippen LogP) is 2.33. The number of rotatable bonds is 4. The number of carbonyl (C=O) groups excluding carboxylic acids is 2. The van der Waals surface area contributed by atoms with Gasteiger partial charge in [-0.15, -0.1) is 0 Å². The standard InChI is InChI=1S/C14H19IO4/c1-3-14(2,15)13(17)18-6-9-7-4-8-10(5-7)19-12(16)11(8)9/h7-11H,3-6H2,1-2H3/t7?,8?,9?,10?,11?,14-/m0/s1. The molecule has 2 saturated carbocycles. The molecule has 3 aliphatic rings. The third-order valence-corrected chi connectivity index (χ3v) is 6.35. The highest BCUT2D eigenvalue weighted by Gasteiger charge is 2.62. The molecule has 1 aliphatic heterocycles. The SMILES string of the molecule is CC[C@](C)(I)C(=O)OCC1C2CC3OC(=O)C1C3C2. The summed E-state index contributed by atoms with van der Waals surface area (Å²) in [5, 5.41) is 0. The van der Waals surface area contributed by atoms with Crippen LogP contribution in [0, 0.1) is 23.7 Å². The summed E-state index contributed by atoms with van der Waals surface area (Å²) in [4.78, 5) is 23.8. The van der Waals surface area contributed by atoms with Gasteiger partial charge in [0.2, 0.25) is 0 Å². The molecule has 3 rings (SSSR count). The van der Waals surface area contributed by atoms with E-state index in [4.69, 9.17) is 9.47 Å². The van der Waals surface area contributed by atoms with E-state index in [0.717, 1.165) is 19.3 Å². The summed E-state index contributed by atoms with van der Waals surface area (Å²) >= 11 is 2.14. The van der Waals surface area contributed by atoms with E-state index in [1.807, 2.05) is 13.8 Å². The summed E-state index contributed by atoms with van der Waals surface area (Å²) in [6.45, 7) is 4.24. The maximum Gasteiger partial charge on any atom is 0.321 e. The highest BCUT2D eigenvalue weighted by molar-refractivity contribution is 14.1. The first-order valence-electron chi connectivity index (χ1n) is 7.00. The molecule has 1 heterocycles. The van der Waals surface area contributed by atoms with E-state index in [1.165, 1.54) is 0 Å². The third kappa shape index (κ3) is 2.08. The van der Waals surface area contributed by atoms with Crippen molar-refractivity contribution in [1.29, 1.82) is 0 Å².